The highest BCUT2D eigenvalue weighted by Gasteiger charge is 2.15. The van der Waals surface area contributed by atoms with Crippen molar-refractivity contribution in [1.82, 2.24) is 9.97 Å². The van der Waals surface area contributed by atoms with E-state index in [-0.39, 0.29) is 0 Å². The lowest BCUT2D eigenvalue weighted by Gasteiger charge is -2.27. The van der Waals surface area contributed by atoms with Crippen LogP contribution in [-0.4, -0.2) is 43.3 Å². The molecule has 0 aliphatic carbocycles. The van der Waals surface area contributed by atoms with Crippen LogP contribution in [0.3, 0.4) is 0 Å². The number of anilines is 2. The molecule has 1 aromatic carbocycles. The van der Waals surface area contributed by atoms with E-state index in [0.29, 0.717) is 11.6 Å². The highest BCUT2D eigenvalue weighted by molar-refractivity contribution is 5.75. The Hall–Kier alpha value is -2.60. The first kappa shape index (κ1) is 14.0. The summed E-state index contributed by atoms with van der Waals surface area (Å²) in [5.74, 6) is 1.50. The zero-order valence-electron chi connectivity index (χ0n) is 13.0. The van der Waals surface area contributed by atoms with E-state index in [4.69, 9.17) is 9.15 Å². The molecule has 3 heterocycles. The molecule has 0 spiro atoms. The fourth-order valence-corrected chi connectivity index (χ4v) is 2.68. The molecule has 0 bridgehead atoms. The van der Waals surface area contributed by atoms with Gasteiger partial charge in [-0.2, -0.15) is 4.98 Å². The molecule has 0 atom stereocenters. The Labute approximate surface area is 134 Å². The topological polar surface area (TPSA) is 63.4 Å². The fraction of sp³-hybridized carbons (Fsp3) is 0.294. The zero-order chi connectivity index (χ0) is 15.6. The third-order valence-corrected chi connectivity index (χ3v) is 4.00. The summed E-state index contributed by atoms with van der Waals surface area (Å²) in [4.78, 5) is 11.3. The maximum atomic E-state index is 5.86. The van der Waals surface area contributed by atoms with Crippen molar-refractivity contribution in [3.05, 3.63) is 36.4 Å². The van der Waals surface area contributed by atoms with Gasteiger partial charge in [-0.1, -0.05) is 0 Å². The van der Waals surface area contributed by atoms with Gasteiger partial charge in [-0.05, 0) is 36.4 Å². The molecule has 1 aliphatic rings. The standard InChI is InChI=1S/C17H18N4O2/c1-18-13-4-2-12(3-5-13)16-19-14-6-7-15(20-17(14)23-16)21-8-10-22-11-9-21/h2-7,18H,8-11H2,1H3. The second-order valence-corrected chi connectivity index (χ2v) is 5.44. The van der Waals surface area contributed by atoms with E-state index in [1.54, 1.807) is 0 Å². The first-order valence-electron chi connectivity index (χ1n) is 7.72. The molecule has 0 saturated carbocycles. The molecule has 3 aromatic rings. The van der Waals surface area contributed by atoms with Gasteiger partial charge in [0.1, 0.15) is 11.3 Å². The molecular weight excluding hydrogens is 292 g/mol. The molecule has 0 amide bonds. The summed E-state index contributed by atoms with van der Waals surface area (Å²) in [6.45, 7) is 3.17. The van der Waals surface area contributed by atoms with Crippen molar-refractivity contribution in [2.24, 2.45) is 0 Å². The van der Waals surface area contributed by atoms with E-state index in [9.17, 15) is 0 Å². The van der Waals surface area contributed by atoms with Crippen LogP contribution in [0.25, 0.3) is 22.7 Å². The van der Waals surface area contributed by atoms with Crippen LogP contribution in [-0.2, 0) is 4.74 Å². The molecule has 2 aromatic heterocycles. The van der Waals surface area contributed by atoms with Crippen LogP contribution in [0.1, 0.15) is 0 Å². The van der Waals surface area contributed by atoms with Gasteiger partial charge in [0.25, 0.3) is 0 Å². The summed E-state index contributed by atoms with van der Waals surface area (Å²) in [5.41, 5.74) is 3.34. The Balaban J connectivity index is 1.66. The van der Waals surface area contributed by atoms with Crippen LogP contribution in [0, 0.1) is 0 Å². The van der Waals surface area contributed by atoms with Crippen molar-refractivity contribution >= 4 is 22.7 Å². The Kier molecular flexibility index (Phi) is 3.59. The van der Waals surface area contributed by atoms with Gasteiger partial charge in [0.05, 0.1) is 13.2 Å². The van der Waals surface area contributed by atoms with Gasteiger partial charge in [-0.25, -0.2) is 4.98 Å². The number of aromatic nitrogens is 2. The predicted octanol–water partition coefficient (Wildman–Crippen LogP) is 2.77. The molecule has 6 heteroatoms. The minimum atomic E-state index is 0.571. The average molecular weight is 310 g/mol. The van der Waals surface area contributed by atoms with Crippen molar-refractivity contribution in [3.8, 4) is 11.5 Å². The minimum absolute atomic E-state index is 0.571. The summed E-state index contributed by atoms with van der Waals surface area (Å²) in [7, 11) is 1.89. The van der Waals surface area contributed by atoms with Gasteiger partial charge >= 0.3 is 0 Å². The molecule has 23 heavy (non-hydrogen) atoms. The van der Waals surface area contributed by atoms with E-state index in [1.165, 1.54) is 0 Å². The number of morpholine rings is 1. The summed E-state index contributed by atoms with van der Waals surface area (Å²) >= 11 is 0. The SMILES string of the molecule is CNc1ccc(-c2nc3ccc(N4CCOCC4)nc3o2)cc1. The predicted molar refractivity (Wildman–Crippen MR) is 89.8 cm³/mol. The van der Waals surface area contributed by atoms with Gasteiger partial charge in [0.2, 0.25) is 11.6 Å². The summed E-state index contributed by atoms with van der Waals surface area (Å²) in [6, 6.07) is 11.9. The lowest BCUT2D eigenvalue weighted by molar-refractivity contribution is 0.122. The van der Waals surface area contributed by atoms with Crippen LogP contribution in [0.2, 0.25) is 0 Å². The first-order chi connectivity index (χ1) is 11.3. The summed E-state index contributed by atoms with van der Waals surface area (Å²) in [5, 5.41) is 3.10. The lowest BCUT2D eigenvalue weighted by atomic mass is 10.2. The van der Waals surface area contributed by atoms with E-state index in [0.717, 1.165) is 48.9 Å². The molecule has 6 nitrogen and oxygen atoms in total. The normalized spacial score (nSPS) is 15.1. The largest absolute Gasteiger partial charge is 0.418 e. The van der Waals surface area contributed by atoms with Crippen molar-refractivity contribution in [3.63, 3.8) is 0 Å². The van der Waals surface area contributed by atoms with Crippen molar-refractivity contribution in [2.45, 2.75) is 0 Å². The molecule has 0 radical (unpaired) electrons. The number of nitrogens with one attached hydrogen (secondary N) is 1. The van der Waals surface area contributed by atoms with Gasteiger partial charge in [0.15, 0.2) is 0 Å². The lowest BCUT2D eigenvalue weighted by Crippen LogP contribution is -2.36. The molecule has 4 rings (SSSR count). The highest BCUT2D eigenvalue weighted by Crippen LogP contribution is 2.26. The fourth-order valence-electron chi connectivity index (χ4n) is 2.68. The molecule has 1 N–H and O–H groups in total. The Morgan fingerprint density at radius 2 is 1.78 bits per heavy atom. The molecule has 1 saturated heterocycles. The van der Waals surface area contributed by atoms with Gasteiger partial charge in [-0.3, -0.25) is 0 Å². The average Bonchev–Trinajstić information content (AvgIpc) is 3.06. The van der Waals surface area contributed by atoms with Gasteiger partial charge < -0.3 is 19.4 Å². The summed E-state index contributed by atoms with van der Waals surface area (Å²) < 4.78 is 11.2. The van der Waals surface area contributed by atoms with E-state index >= 15 is 0 Å². The van der Waals surface area contributed by atoms with Crippen LogP contribution in [0.5, 0.6) is 0 Å². The maximum Gasteiger partial charge on any atom is 0.249 e. The van der Waals surface area contributed by atoms with Crippen LogP contribution < -0.4 is 10.2 Å². The quantitative estimate of drug-likeness (QED) is 0.802. The second-order valence-electron chi connectivity index (χ2n) is 5.44. The van der Waals surface area contributed by atoms with Crippen molar-refractivity contribution in [2.75, 3.05) is 43.6 Å². The van der Waals surface area contributed by atoms with E-state index < -0.39 is 0 Å². The van der Waals surface area contributed by atoms with Crippen LogP contribution in [0.15, 0.2) is 40.8 Å². The monoisotopic (exact) mass is 310 g/mol. The summed E-state index contributed by atoms with van der Waals surface area (Å²) in [6.07, 6.45) is 0. The third-order valence-electron chi connectivity index (χ3n) is 4.00. The number of hydrogen-bond acceptors (Lipinski definition) is 6. The molecule has 118 valence electrons. The second kappa shape index (κ2) is 5.89. The molecule has 1 fully saturated rings. The number of fused-ring (bicyclic) bond motifs is 1. The van der Waals surface area contributed by atoms with Crippen LogP contribution >= 0.6 is 0 Å². The number of hydrogen-bond donors (Lipinski definition) is 1. The number of ether oxygens (including phenoxy) is 1. The third kappa shape index (κ3) is 2.73. The molecular formula is C17H18N4O2. The van der Waals surface area contributed by atoms with Crippen molar-refractivity contribution in [1.29, 1.82) is 0 Å². The Morgan fingerprint density at radius 1 is 1.00 bits per heavy atom. The Morgan fingerprint density at radius 3 is 2.52 bits per heavy atom. The van der Waals surface area contributed by atoms with E-state index in [2.05, 4.69) is 20.2 Å². The van der Waals surface area contributed by atoms with Crippen LogP contribution in [0.4, 0.5) is 11.5 Å². The van der Waals surface area contributed by atoms with Crippen molar-refractivity contribution < 1.29 is 9.15 Å². The highest BCUT2D eigenvalue weighted by atomic mass is 16.5. The number of rotatable bonds is 3. The van der Waals surface area contributed by atoms with Gasteiger partial charge in [0, 0.05) is 31.4 Å². The Bertz CT molecular complexity index is 807. The zero-order valence-corrected chi connectivity index (χ0v) is 13.0. The number of benzene rings is 1. The maximum absolute atomic E-state index is 5.86. The number of pyridine rings is 1. The first-order valence-corrected chi connectivity index (χ1v) is 7.72. The molecule has 1 aliphatic heterocycles. The number of nitrogens with zero attached hydrogens (tertiary/aromatic N) is 3. The smallest absolute Gasteiger partial charge is 0.249 e. The van der Waals surface area contributed by atoms with E-state index in [1.807, 2.05) is 43.4 Å². The van der Waals surface area contributed by atoms with Gasteiger partial charge in [-0.15, -0.1) is 0 Å². The minimum Gasteiger partial charge on any atom is -0.418 e. The number of oxazole rings is 1. The molecule has 0 unspecified atom stereocenters.